The molecule has 4 atom stereocenters. The van der Waals surface area contributed by atoms with Crippen molar-refractivity contribution in [1.29, 1.82) is 0 Å². The van der Waals surface area contributed by atoms with Crippen molar-refractivity contribution in [1.82, 2.24) is 9.80 Å². The summed E-state index contributed by atoms with van der Waals surface area (Å²) in [5.41, 5.74) is 1.91. The van der Waals surface area contributed by atoms with Gasteiger partial charge in [-0.2, -0.15) is 0 Å². The summed E-state index contributed by atoms with van der Waals surface area (Å²) in [4.78, 5) is 25.6. The summed E-state index contributed by atoms with van der Waals surface area (Å²) in [5, 5.41) is 16.1. The van der Waals surface area contributed by atoms with Crippen LogP contribution >= 0.6 is 0 Å². The third-order valence-electron chi connectivity index (χ3n) is 6.90. The zero-order valence-corrected chi connectivity index (χ0v) is 18.7. The highest BCUT2D eigenvalue weighted by atomic mass is 16.5. The van der Waals surface area contributed by atoms with Crippen molar-refractivity contribution >= 4 is 12.4 Å². The molecule has 1 aromatic rings. The molecule has 2 saturated carbocycles. The smallest absolute Gasteiger partial charge is 0.290 e. The molecule has 4 rings (SSSR count). The molecule has 7 nitrogen and oxygen atoms in total. The first-order chi connectivity index (χ1) is 14.9. The fourth-order valence-corrected chi connectivity index (χ4v) is 4.91. The monoisotopic (exact) mass is 432 g/mol. The molecule has 2 aliphatic carbocycles. The van der Waals surface area contributed by atoms with Crippen LogP contribution in [0, 0.1) is 17.8 Å². The number of nitrogens with zero attached hydrogens (tertiary/aromatic N) is 2. The maximum atomic E-state index is 12.9. The minimum atomic E-state index is -0.250. The number of likely N-dealkylation sites (tertiary alicyclic amines) is 1. The number of fused-ring (bicyclic) bond motifs is 1. The number of carbonyl (C=O) groups excluding carboxylic acids is 1. The number of aliphatic hydroxyl groups is 1. The van der Waals surface area contributed by atoms with Crippen LogP contribution in [0.15, 0.2) is 24.3 Å². The van der Waals surface area contributed by atoms with E-state index in [0.717, 1.165) is 49.6 Å². The fourth-order valence-electron chi connectivity index (χ4n) is 4.91. The van der Waals surface area contributed by atoms with Crippen LogP contribution in [0.25, 0.3) is 0 Å². The Morgan fingerprint density at radius 3 is 2.26 bits per heavy atom. The second kappa shape index (κ2) is 11.1. The van der Waals surface area contributed by atoms with Crippen LogP contribution in [0.4, 0.5) is 0 Å². The zero-order chi connectivity index (χ0) is 22.4. The Labute approximate surface area is 185 Å². The molecule has 172 valence electrons. The third kappa shape index (κ3) is 6.51. The van der Waals surface area contributed by atoms with E-state index in [2.05, 4.69) is 23.9 Å². The molecule has 0 bridgehead atoms. The summed E-state index contributed by atoms with van der Waals surface area (Å²) in [5.74, 6) is 2.18. The minimum Gasteiger partial charge on any atom is -0.483 e. The van der Waals surface area contributed by atoms with Crippen LogP contribution in [0.2, 0.25) is 0 Å². The number of rotatable bonds is 7. The van der Waals surface area contributed by atoms with Gasteiger partial charge < -0.3 is 24.7 Å². The van der Waals surface area contributed by atoms with Crippen molar-refractivity contribution in [3.63, 3.8) is 0 Å². The SMILES string of the molecule is CN(C)[C@@H]1C[C@@H]2CN(C(=O)Cc3ccc(CO)cc3)C[C@@H]2C[C@H]1OCC1CC1.O=CO. The number of ether oxygens (including phenoxy) is 1. The maximum absolute atomic E-state index is 12.9. The Hall–Kier alpha value is -1.96. The van der Waals surface area contributed by atoms with E-state index in [1.165, 1.54) is 12.8 Å². The lowest BCUT2D eigenvalue weighted by Crippen LogP contribution is -2.48. The minimum absolute atomic E-state index is 0.0424. The fraction of sp³-hybridized carbons (Fsp3) is 0.667. The van der Waals surface area contributed by atoms with E-state index in [0.29, 0.717) is 30.4 Å². The van der Waals surface area contributed by atoms with E-state index in [1.807, 2.05) is 24.3 Å². The largest absolute Gasteiger partial charge is 0.483 e. The molecule has 0 radical (unpaired) electrons. The Balaban J connectivity index is 0.000000858. The molecular weight excluding hydrogens is 396 g/mol. The number of carbonyl (C=O) groups is 2. The quantitative estimate of drug-likeness (QED) is 0.641. The summed E-state index contributed by atoms with van der Waals surface area (Å²) >= 11 is 0. The van der Waals surface area contributed by atoms with Gasteiger partial charge in [0.2, 0.25) is 5.91 Å². The molecule has 2 N–H and O–H groups in total. The predicted octanol–water partition coefficient (Wildman–Crippen LogP) is 2.02. The first kappa shape index (κ1) is 23.7. The van der Waals surface area contributed by atoms with Gasteiger partial charge in [0.1, 0.15) is 0 Å². The van der Waals surface area contributed by atoms with E-state index in [-0.39, 0.29) is 19.0 Å². The van der Waals surface area contributed by atoms with E-state index in [1.54, 1.807) is 0 Å². The lowest BCUT2D eigenvalue weighted by molar-refractivity contribution is -0.129. The molecule has 7 heteroatoms. The van der Waals surface area contributed by atoms with Gasteiger partial charge in [-0.25, -0.2) is 0 Å². The van der Waals surface area contributed by atoms with Gasteiger partial charge in [-0.05, 0) is 68.7 Å². The highest BCUT2D eigenvalue weighted by Gasteiger charge is 2.44. The molecule has 31 heavy (non-hydrogen) atoms. The van der Waals surface area contributed by atoms with Gasteiger partial charge in [0.25, 0.3) is 6.47 Å². The number of benzene rings is 1. The van der Waals surface area contributed by atoms with Gasteiger partial charge >= 0.3 is 0 Å². The van der Waals surface area contributed by atoms with E-state index < -0.39 is 0 Å². The van der Waals surface area contributed by atoms with Crippen molar-refractivity contribution in [3.8, 4) is 0 Å². The maximum Gasteiger partial charge on any atom is 0.290 e. The molecule has 1 amide bonds. The number of hydrogen-bond acceptors (Lipinski definition) is 5. The Kier molecular flexibility index (Phi) is 8.46. The van der Waals surface area contributed by atoms with Crippen molar-refractivity contribution in [3.05, 3.63) is 35.4 Å². The summed E-state index contributed by atoms with van der Waals surface area (Å²) in [7, 11) is 4.32. The average Bonchev–Trinajstić information content (AvgIpc) is 3.49. The Bertz CT molecular complexity index is 719. The van der Waals surface area contributed by atoms with Crippen LogP contribution in [0.5, 0.6) is 0 Å². The summed E-state index contributed by atoms with van der Waals surface area (Å²) in [6, 6.07) is 8.17. The Morgan fingerprint density at radius 2 is 1.71 bits per heavy atom. The van der Waals surface area contributed by atoms with Crippen LogP contribution in [-0.4, -0.2) is 78.3 Å². The van der Waals surface area contributed by atoms with Crippen molar-refractivity contribution < 1.29 is 24.5 Å². The van der Waals surface area contributed by atoms with E-state index in [4.69, 9.17) is 19.7 Å². The molecule has 0 aromatic heterocycles. The predicted molar refractivity (Wildman–Crippen MR) is 117 cm³/mol. The molecule has 3 aliphatic rings. The van der Waals surface area contributed by atoms with Gasteiger partial charge in [0, 0.05) is 25.7 Å². The van der Waals surface area contributed by atoms with Crippen LogP contribution in [0.1, 0.15) is 36.8 Å². The zero-order valence-electron chi connectivity index (χ0n) is 18.7. The standard InChI is InChI=1S/C23H34N2O3.CH2O2/c1-24(2)21-10-19-12-25(13-20(19)11-22(21)28-15-18-7-8-18)23(27)9-16-3-5-17(14-26)6-4-16;2-1-3/h3-6,18-22,26H,7-15H2,1-2H3;1H,(H,2,3)/t19-,20+,21-,22-;/m1./s1. The number of aliphatic hydroxyl groups excluding tert-OH is 1. The van der Waals surface area contributed by atoms with Crippen molar-refractivity contribution in [2.24, 2.45) is 17.8 Å². The lowest BCUT2D eigenvalue weighted by atomic mass is 9.77. The van der Waals surface area contributed by atoms with Crippen LogP contribution < -0.4 is 0 Å². The number of hydrogen-bond donors (Lipinski definition) is 2. The summed E-state index contributed by atoms with van der Waals surface area (Å²) in [6.45, 7) is 2.47. The molecule has 1 aliphatic heterocycles. The normalized spacial score (nSPS) is 27.4. The molecule has 3 fully saturated rings. The van der Waals surface area contributed by atoms with Gasteiger partial charge in [-0.3, -0.25) is 9.59 Å². The first-order valence-corrected chi connectivity index (χ1v) is 11.3. The average molecular weight is 433 g/mol. The molecule has 1 aromatic carbocycles. The van der Waals surface area contributed by atoms with Crippen LogP contribution in [0.3, 0.4) is 0 Å². The molecule has 1 saturated heterocycles. The molecule has 0 unspecified atom stereocenters. The highest BCUT2D eigenvalue weighted by Crippen LogP contribution is 2.40. The van der Waals surface area contributed by atoms with E-state index in [9.17, 15) is 4.79 Å². The molecule has 0 spiro atoms. The number of carboxylic acid groups (broad SMARTS) is 1. The summed E-state index contributed by atoms with van der Waals surface area (Å²) in [6.07, 6.45) is 5.61. The van der Waals surface area contributed by atoms with Gasteiger partial charge in [0.05, 0.1) is 19.1 Å². The highest BCUT2D eigenvalue weighted by molar-refractivity contribution is 5.79. The number of amides is 1. The van der Waals surface area contributed by atoms with Gasteiger partial charge in [0.15, 0.2) is 0 Å². The second-order valence-electron chi connectivity index (χ2n) is 9.39. The molecular formula is C24H36N2O5. The topological polar surface area (TPSA) is 90.3 Å². The van der Waals surface area contributed by atoms with Crippen molar-refractivity contribution in [2.75, 3.05) is 33.8 Å². The van der Waals surface area contributed by atoms with Gasteiger partial charge in [-0.15, -0.1) is 0 Å². The summed E-state index contributed by atoms with van der Waals surface area (Å²) < 4.78 is 6.34. The number of likely N-dealkylation sites (N-methyl/N-ethyl adjacent to an activating group) is 1. The first-order valence-electron chi connectivity index (χ1n) is 11.3. The van der Waals surface area contributed by atoms with Crippen molar-refractivity contribution in [2.45, 2.75) is 50.9 Å². The van der Waals surface area contributed by atoms with Gasteiger partial charge in [-0.1, -0.05) is 24.3 Å². The lowest BCUT2D eigenvalue weighted by Gasteiger charge is -2.41. The second-order valence-corrected chi connectivity index (χ2v) is 9.39. The third-order valence-corrected chi connectivity index (χ3v) is 6.90. The van der Waals surface area contributed by atoms with Crippen LogP contribution in [-0.2, 0) is 27.4 Å². The molecule has 1 heterocycles. The Morgan fingerprint density at radius 1 is 1.13 bits per heavy atom. The van der Waals surface area contributed by atoms with E-state index >= 15 is 0 Å².